The molecule has 0 bridgehead atoms. The molecular weight excluding hydrogens is 258 g/mol. The fourth-order valence-corrected chi connectivity index (χ4v) is 2.42. The highest BCUT2D eigenvalue weighted by Gasteiger charge is 2.27. The number of anilines is 1. The first kappa shape index (κ1) is 12.1. The fourth-order valence-electron chi connectivity index (χ4n) is 2.30. The SMILES string of the molecule is NC1=NN(c2ccccc2)C(c2ccc(Cl)cc2)C1. The van der Waals surface area contributed by atoms with Gasteiger partial charge in [-0.1, -0.05) is 41.9 Å². The van der Waals surface area contributed by atoms with Crippen LogP contribution in [-0.2, 0) is 0 Å². The van der Waals surface area contributed by atoms with E-state index in [4.69, 9.17) is 17.3 Å². The van der Waals surface area contributed by atoms with Gasteiger partial charge in [-0.2, -0.15) is 5.10 Å². The second kappa shape index (κ2) is 4.94. The van der Waals surface area contributed by atoms with Crippen LogP contribution in [-0.4, -0.2) is 5.84 Å². The molecule has 3 rings (SSSR count). The van der Waals surface area contributed by atoms with E-state index in [1.807, 2.05) is 59.6 Å². The van der Waals surface area contributed by atoms with Crippen LogP contribution in [0.2, 0.25) is 5.02 Å². The van der Waals surface area contributed by atoms with Gasteiger partial charge in [0.05, 0.1) is 11.7 Å². The van der Waals surface area contributed by atoms with Crippen molar-refractivity contribution >= 4 is 23.1 Å². The van der Waals surface area contributed by atoms with Crippen LogP contribution in [0.15, 0.2) is 59.7 Å². The molecule has 19 heavy (non-hydrogen) atoms. The number of hydrogen-bond acceptors (Lipinski definition) is 3. The van der Waals surface area contributed by atoms with E-state index in [0.717, 1.165) is 22.7 Å². The Balaban J connectivity index is 1.95. The van der Waals surface area contributed by atoms with Crippen LogP contribution in [0.1, 0.15) is 18.0 Å². The van der Waals surface area contributed by atoms with Crippen LogP contribution < -0.4 is 10.7 Å². The molecule has 1 unspecified atom stereocenters. The highest BCUT2D eigenvalue weighted by molar-refractivity contribution is 6.30. The van der Waals surface area contributed by atoms with Gasteiger partial charge in [0, 0.05) is 11.4 Å². The summed E-state index contributed by atoms with van der Waals surface area (Å²) in [6, 6.07) is 18.0. The van der Waals surface area contributed by atoms with Crippen molar-refractivity contribution in [2.75, 3.05) is 5.01 Å². The zero-order valence-corrected chi connectivity index (χ0v) is 11.1. The van der Waals surface area contributed by atoms with Crippen LogP contribution in [0.25, 0.3) is 0 Å². The molecule has 1 heterocycles. The van der Waals surface area contributed by atoms with Crippen LogP contribution in [0.5, 0.6) is 0 Å². The molecule has 0 radical (unpaired) electrons. The van der Waals surface area contributed by atoms with Crippen LogP contribution in [0.3, 0.4) is 0 Å². The summed E-state index contributed by atoms with van der Waals surface area (Å²) in [4.78, 5) is 0. The van der Waals surface area contributed by atoms with Crippen molar-refractivity contribution in [2.45, 2.75) is 12.5 Å². The summed E-state index contributed by atoms with van der Waals surface area (Å²) in [5, 5.41) is 7.14. The van der Waals surface area contributed by atoms with Crippen molar-refractivity contribution in [2.24, 2.45) is 10.8 Å². The molecule has 0 amide bonds. The first-order valence-corrected chi connectivity index (χ1v) is 6.54. The summed E-state index contributed by atoms with van der Waals surface area (Å²) in [5.41, 5.74) is 8.11. The van der Waals surface area contributed by atoms with Crippen LogP contribution in [0.4, 0.5) is 5.69 Å². The predicted octanol–water partition coefficient (Wildman–Crippen LogP) is 3.56. The number of amidine groups is 1. The Morgan fingerprint density at radius 3 is 2.42 bits per heavy atom. The molecule has 0 aliphatic carbocycles. The fraction of sp³-hybridized carbons (Fsp3) is 0.133. The van der Waals surface area contributed by atoms with Crippen LogP contribution in [0, 0.1) is 0 Å². The second-order valence-corrected chi connectivity index (χ2v) is 4.98. The van der Waals surface area contributed by atoms with Gasteiger partial charge in [0.2, 0.25) is 0 Å². The van der Waals surface area contributed by atoms with Crippen LogP contribution >= 0.6 is 11.6 Å². The van der Waals surface area contributed by atoms with E-state index < -0.39 is 0 Å². The summed E-state index contributed by atoms with van der Waals surface area (Å²) < 4.78 is 0. The monoisotopic (exact) mass is 271 g/mol. The van der Waals surface area contributed by atoms with E-state index in [2.05, 4.69) is 5.10 Å². The van der Waals surface area contributed by atoms with E-state index in [0.29, 0.717) is 5.84 Å². The first-order chi connectivity index (χ1) is 9.24. The Bertz CT molecular complexity index is 593. The van der Waals surface area contributed by atoms with Crippen molar-refractivity contribution < 1.29 is 0 Å². The maximum atomic E-state index is 5.93. The molecule has 0 saturated heterocycles. The van der Waals surface area contributed by atoms with Gasteiger partial charge in [0.25, 0.3) is 0 Å². The number of nitrogens with zero attached hydrogens (tertiary/aromatic N) is 2. The van der Waals surface area contributed by atoms with E-state index in [9.17, 15) is 0 Å². The maximum Gasteiger partial charge on any atom is 0.122 e. The summed E-state index contributed by atoms with van der Waals surface area (Å²) in [5.74, 6) is 0.656. The Kier molecular flexibility index (Phi) is 3.13. The smallest absolute Gasteiger partial charge is 0.122 e. The van der Waals surface area contributed by atoms with Crippen molar-refractivity contribution in [1.29, 1.82) is 0 Å². The lowest BCUT2D eigenvalue weighted by Crippen LogP contribution is -2.18. The minimum Gasteiger partial charge on any atom is -0.386 e. The minimum atomic E-state index is 0.139. The van der Waals surface area contributed by atoms with Crippen molar-refractivity contribution in [3.63, 3.8) is 0 Å². The molecule has 1 aliphatic rings. The summed E-state index contributed by atoms with van der Waals surface area (Å²) in [6.45, 7) is 0. The Labute approximate surface area is 117 Å². The zero-order chi connectivity index (χ0) is 13.2. The molecule has 0 aromatic heterocycles. The highest BCUT2D eigenvalue weighted by Crippen LogP contribution is 2.34. The van der Waals surface area contributed by atoms with Crippen molar-refractivity contribution in [3.05, 3.63) is 65.2 Å². The van der Waals surface area contributed by atoms with E-state index >= 15 is 0 Å². The third kappa shape index (κ3) is 2.42. The zero-order valence-electron chi connectivity index (χ0n) is 10.3. The second-order valence-electron chi connectivity index (χ2n) is 4.54. The molecule has 2 aromatic rings. The molecule has 1 aliphatic heterocycles. The molecular formula is C15H14ClN3. The molecule has 0 saturated carbocycles. The van der Waals surface area contributed by atoms with E-state index in [1.165, 1.54) is 0 Å². The normalized spacial score (nSPS) is 18.5. The predicted molar refractivity (Wildman–Crippen MR) is 79.4 cm³/mol. The average Bonchev–Trinajstić information content (AvgIpc) is 2.83. The molecule has 3 nitrogen and oxygen atoms in total. The van der Waals surface area contributed by atoms with Gasteiger partial charge in [-0.15, -0.1) is 0 Å². The Morgan fingerprint density at radius 2 is 1.74 bits per heavy atom. The Hall–Kier alpha value is -2.00. The quantitative estimate of drug-likeness (QED) is 0.907. The van der Waals surface area contributed by atoms with Gasteiger partial charge in [-0.25, -0.2) is 0 Å². The molecule has 1 atom stereocenters. The molecule has 2 aromatic carbocycles. The lowest BCUT2D eigenvalue weighted by Gasteiger charge is -2.23. The molecule has 0 spiro atoms. The average molecular weight is 272 g/mol. The minimum absolute atomic E-state index is 0.139. The highest BCUT2D eigenvalue weighted by atomic mass is 35.5. The standard InChI is InChI=1S/C15H14ClN3/c16-12-8-6-11(7-9-12)14-10-15(17)18-19(14)13-4-2-1-3-5-13/h1-9,14H,10H2,(H2,17,18). The van der Waals surface area contributed by atoms with Gasteiger partial charge in [0.15, 0.2) is 0 Å². The number of hydrazone groups is 1. The Morgan fingerprint density at radius 1 is 1.05 bits per heavy atom. The number of halogens is 1. The lowest BCUT2D eigenvalue weighted by atomic mass is 10.0. The molecule has 2 N–H and O–H groups in total. The van der Waals surface area contributed by atoms with Gasteiger partial charge in [0.1, 0.15) is 5.84 Å². The van der Waals surface area contributed by atoms with Crippen molar-refractivity contribution in [1.82, 2.24) is 0 Å². The summed E-state index contributed by atoms with van der Waals surface area (Å²) in [6.07, 6.45) is 0.733. The largest absolute Gasteiger partial charge is 0.386 e. The maximum absolute atomic E-state index is 5.93. The summed E-state index contributed by atoms with van der Waals surface area (Å²) in [7, 11) is 0. The molecule has 96 valence electrons. The topological polar surface area (TPSA) is 41.6 Å². The third-order valence-corrected chi connectivity index (χ3v) is 3.46. The van der Waals surface area contributed by atoms with Gasteiger partial charge >= 0.3 is 0 Å². The molecule has 4 heteroatoms. The first-order valence-electron chi connectivity index (χ1n) is 6.17. The van der Waals surface area contributed by atoms with Gasteiger partial charge in [-0.05, 0) is 29.8 Å². The van der Waals surface area contributed by atoms with Gasteiger partial charge < -0.3 is 5.73 Å². The lowest BCUT2D eigenvalue weighted by molar-refractivity contribution is 0.708. The molecule has 0 fully saturated rings. The van der Waals surface area contributed by atoms with E-state index in [-0.39, 0.29) is 6.04 Å². The number of rotatable bonds is 2. The summed E-state index contributed by atoms with van der Waals surface area (Å²) >= 11 is 5.93. The third-order valence-electron chi connectivity index (χ3n) is 3.21. The van der Waals surface area contributed by atoms with Gasteiger partial charge in [-0.3, -0.25) is 5.01 Å². The van der Waals surface area contributed by atoms with Crippen molar-refractivity contribution in [3.8, 4) is 0 Å². The number of benzene rings is 2. The number of para-hydroxylation sites is 1. The number of nitrogens with two attached hydrogens (primary N) is 1. The number of hydrogen-bond donors (Lipinski definition) is 1. The van der Waals surface area contributed by atoms with E-state index in [1.54, 1.807) is 0 Å².